The quantitative estimate of drug-likeness (QED) is 0.0509. The Morgan fingerprint density at radius 2 is 1.05 bits per heavy atom. The molecular weight excluding hydrogens is 836 g/mol. The summed E-state index contributed by atoms with van der Waals surface area (Å²) in [7, 11) is -13.7. The van der Waals surface area contributed by atoms with E-state index in [0.717, 1.165) is 0 Å². The van der Waals surface area contributed by atoms with Crippen LogP contribution in [0.1, 0.15) is 14.4 Å². The van der Waals surface area contributed by atoms with E-state index in [-0.39, 0.29) is 168 Å². The molecular formula is C9H33Ca2Cr2O26S4-. The third kappa shape index (κ3) is 86.2. The molecule has 0 saturated heterocycles. The SMILES string of the molecule is C.O.O.O.O.O.O.O.O.O.O.O=[S-](=O)OOS(=O)(=O)OOS(=O)(=O)OO.O=[S](O)(=[Ca])OO.[C-]1=C2C=C12.[CH2-]C#CC.[Ca+2].[Cr].[Cr]. The fourth-order valence-corrected chi connectivity index (χ4v) is 1.41. The Hall–Kier alpha value is 1.73. The summed E-state index contributed by atoms with van der Waals surface area (Å²) in [6.07, 6.45) is 5.08. The van der Waals surface area contributed by atoms with Crippen LogP contribution in [0, 0.1) is 24.8 Å². The van der Waals surface area contributed by atoms with Gasteiger partial charge in [0.05, 0.1) is 11.0 Å². The van der Waals surface area contributed by atoms with Gasteiger partial charge >= 0.3 is 115 Å². The van der Waals surface area contributed by atoms with Crippen molar-refractivity contribution in [1.29, 1.82) is 0 Å². The van der Waals surface area contributed by atoms with Crippen molar-refractivity contribution in [2.75, 3.05) is 0 Å². The van der Waals surface area contributed by atoms with Crippen molar-refractivity contribution in [1.82, 2.24) is 0 Å². The molecule has 2 aliphatic carbocycles. The third-order valence-corrected chi connectivity index (χ3v) is 3.41. The molecule has 0 heterocycles. The van der Waals surface area contributed by atoms with Gasteiger partial charge in [-0.3, -0.25) is 10.3 Å². The molecule has 2 rings (SSSR count). The first kappa shape index (κ1) is 104. The average molecular weight is 870 g/mol. The Morgan fingerprint density at radius 3 is 1.19 bits per heavy atom. The minimum atomic E-state index is -5.23. The molecule has 1 unspecified atom stereocenters. The van der Waals surface area contributed by atoms with Crippen LogP contribution in [0.4, 0.5) is 0 Å². The van der Waals surface area contributed by atoms with Gasteiger partial charge in [0.15, 0.2) is 0 Å². The van der Waals surface area contributed by atoms with E-state index in [2.05, 4.69) is 56.9 Å². The third-order valence-electron chi connectivity index (χ3n) is 1.45. The Morgan fingerprint density at radius 1 is 0.814 bits per heavy atom. The second kappa shape index (κ2) is 53.2. The van der Waals surface area contributed by atoms with Crippen LogP contribution >= 0.6 is 0 Å². The molecule has 0 amide bonds. The van der Waals surface area contributed by atoms with E-state index < -0.39 is 36.3 Å². The van der Waals surface area contributed by atoms with Crippen molar-refractivity contribution in [3.8, 4) is 11.8 Å². The average Bonchev–Trinajstić information content (AvgIpc) is 3.52. The van der Waals surface area contributed by atoms with Gasteiger partial charge in [-0.05, 0) is 0 Å². The molecule has 0 aromatic carbocycles. The van der Waals surface area contributed by atoms with Crippen LogP contribution in [0.15, 0.2) is 17.2 Å². The van der Waals surface area contributed by atoms with Crippen molar-refractivity contribution in [3.05, 3.63) is 30.2 Å². The molecule has 43 heavy (non-hydrogen) atoms. The first-order chi connectivity index (χ1) is 13.1. The van der Waals surface area contributed by atoms with Gasteiger partial charge in [-0.25, -0.2) is 5.26 Å². The Balaban J connectivity index is -0.0000000162. The zero-order valence-electron chi connectivity index (χ0n) is 20.3. The minimum Gasteiger partial charge on any atom is -0.331 e. The number of hydrogen-bond acceptors (Lipinski definition) is 16. The molecule has 266 valence electrons. The van der Waals surface area contributed by atoms with E-state index in [1.165, 1.54) is 11.1 Å². The van der Waals surface area contributed by atoms with E-state index in [1.54, 1.807) is 6.92 Å². The second-order valence-electron chi connectivity index (χ2n) is 3.55. The molecule has 0 aromatic rings. The Kier molecular flexibility index (Phi) is 128. The van der Waals surface area contributed by atoms with Gasteiger partial charge in [-0.2, -0.15) is 47.1 Å². The van der Waals surface area contributed by atoms with Crippen LogP contribution in [-0.2, 0) is 105 Å². The summed E-state index contributed by atoms with van der Waals surface area (Å²) in [5.41, 5.74) is 2.75. The maximum absolute atomic E-state index is 10.3. The van der Waals surface area contributed by atoms with Crippen LogP contribution < -0.4 is 0 Å². The molecule has 23 N–H and O–H groups in total. The molecule has 0 aromatic heterocycles. The fraction of sp³-hybridized carbons (Fsp3) is 0.222. The van der Waals surface area contributed by atoms with E-state index in [9.17, 15) is 29.5 Å². The number of rotatable bonds is 8. The monoisotopic (exact) mass is 869 g/mol. The molecule has 34 heteroatoms. The second-order valence-corrected chi connectivity index (χ2v) is 11.0. The minimum absolute atomic E-state index is 0. The van der Waals surface area contributed by atoms with Gasteiger partial charge < -0.3 is 69.1 Å². The standard InChI is InChI=1S/C4H.C4H5.CH4.2Ca.2Cr.HO12S3.H2O4S.10H2O/c1-3-2-4(1)3;1-3-4-2;;;;;;1-8-14(4,5)11-12-15(6,7)10-9-13(2)3;1-4-5(2)3;;;;;;;;;;/h1H;1H2,2H3;1H4;;;;;1H;1H,(H,2,3);10*1H2/q2*-1;;;+2;;;-1;;;;;;;;;;;. The van der Waals surface area contributed by atoms with Crippen LogP contribution in [0.5, 0.6) is 0 Å². The van der Waals surface area contributed by atoms with E-state index >= 15 is 0 Å². The van der Waals surface area contributed by atoms with Gasteiger partial charge in [0.25, 0.3) is 0 Å². The van der Waals surface area contributed by atoms with Crippen molar-refractivity contribution >= 4 is 107 Å². The van der Waals surface area contributed by atoms with Gasteiger partial charge in [0.1, 0.15) is 0 Å². The van der Waals surface area contributed by atoms with E-state index in [4.69, 9.17) is 15.1 Å². The summed E-state index contributed by atoms with van der Waals surface area (Å²) >= 11 is 0.0312. The van der Waals surface area contributed by atoms with Crippen molar-refractivity contribution in [2.24, 2.45) is 0 Å². The largest absolute Gasteiger partial charge is 2.00 e. The summed E-state index contributed by atoms with van der Waals surface area (Å²) in [6.45, 7) is 5.00. The summed E-state index contributed by atoms with van der Waals surface area (Å²) in [5.74, 6) is 5.00. The number of allylic oxidation sites excluding steroid dienone is 4. The number of fused-ring (bicyclic) bond motifs is 1. The van der Waals surface area contributed by atoms with Crippen LogP contribution in [0.25, 0.3) is 0 Å². The van der Waals surface area contributed by atoms with E-state index in [0.29, 0.717) is 0 Å². The normalized spacial score (nSPS) is 10.1. The Bertz CT molecular complexity index is 1030. The van der Waals surface area contributed by atoms with Gasteiger partial charge in [0, 0.05) is 34.7 Å². The summed E-state index contributed by atoms with van der Waals surface area (Å²) in [5, 5.41) is 15.0. The Labute approximate surface area is 319 Å². The van der Waals surface area contributed by atoms with Gasteiger partial charge in [-0.15, -0.1) is 0 Å². The molecule has 26 nitrogen and oxygen atoms in total. The molecule has 0 aliphatic heterocycles. The summed E-state index contributed by atoms with van der Waals surface area (Å²) in [6, 6.07) is 0. The molecule has 0 fully saturated rings. The predicted molar refractivity (Wildman–Crippen MR) is 137 cm³/mol. The molecule has 0 radical (unpaired) electrons. The molecule has 1 atom stereocenters. The van der Waals surface area contributed by atoms with Crippen molar-refractivity contribution < 1.29 is 160 Å². The van der Waals surface area contributed by atoms with Gasteiger partial charge in [-0.1, -0.05) is 31.7 Å². The topological polar surface area (TPSA) is 551 Å². The summed E-state index contributed by atoms with van der Waals surface area (Å²) in [4.78, 5) is 0. The molecule has 2 aliphatic rings. The van der Waals surface area contributed by atoms with Crippen LogP contribution in [0.2, 0.25) is 0 Å². The zero-order chi connectivity index (χ0) is 23.3. The van der Waals surface area contributed by atoms with Gasteiger partial charge in [0.2, 0.25) is 0 Å². The maximum Gasteiger partial charge on any atom is 2.00 e. The zero-order valence-corrected chi connectivity index (χ0v) is 30.5. The first-order valence-corrected chi connectivity index (χ1v) is 13.7. The fourth-order valence-electron chi connectivity index (χ4n) is 0.365. The first-order valence-electron chi connectivity index (χ1n) is 5.77. The van der Waals surface area contributed by atoms with Crippen LogP contribution in [-0.4, -0.2) is 162 Å². The van der Waals surface area contributed by atoms with Crippen LogP contribution in [0.3, 0.4) is 0 Å². The predicted octanol–water partition coefficient (Wildman–Crippen LogP) is -9.17. The smallest absolute Gasteiger partial charge is 0.331 e. The maximum atomic E-state index is 10.3. The molecule has 0 spiro atoms. The van der Waals surface area contributed by atoms with Crippen molar-refractivity contribution in [3.63, 3.8) is 0 Å². The van der Waals surface area contributed by atoms with Crippen molar-refractivity contribution in [2.45, 2.75) is 14.4 Å². The molecule has 0 bridgehead atoms. The molecule has 0 saturated carbocycles. The summed E-state index contributed by atoms with van der Waals surface area (Å²) < 4.78 is 92.2. The van der Waals surface area contributed by atoms with E-state index in [1.807, 2.05) is 0 Å². The number of hydrogen-bond donors (Lipinski definition) is 3.